The molecule has 0 spiro atoms. The lowest BCUT2D eigenvalue weighted by molar-refractivity contribution is -0.385. The summed E-state index contributed by atoms with van der Waals surface area (Å²) in [5.74, 6) is -0.163. The van der Waals surface area contributed by atoms with Crippen LogP contribution in [0.15, 0.2) is 12.4 Å². The van der Waals surface area contributed by atoms with Gasteiger partial charge in [-0.05, 0) is 13.8 Å². The summed E-state index contributed by atoms with van der Waals surface area (Å²) in [6, 6.07) is 0. The fraction of sp³-hybridized carbons (Fsp3) is 0.600. The number of carbonyl (C=O) groups is 1. The second-order valence-corrected chi connectivity index (χ2v) is 4.60. The fourth-order valence-electron chi connectivity index (χ4n) is 1.28. The van der Waals surface area contributed by atoms with Crippen molar-refractivity contribution < 1.29 is 9.72 Å². The van der Waals surface area contributed by atoms with Crippen molar-refractivity contribution in [3.63, 3.8) is 0 Å². The van der Waals surface area contributed by atoms with Gasteiger partial charge >= 0.3 is 5.69 Å². The smallest absolute Gasteiger partial charge is 0.306 e. The van der Waals surface area contributed by atoms with E-state index in [1.807, 2.05) is 13.8 Å². The van der Waals surface area contributed by atoms with Crippen LogP contribution in [0.3, 0.4) is 0 Å². The summed E-state index contributed by atoms with van der Waals surface area (Å²) < 4.78 is 1.37. The van der Waals surface area contributed by atoms with Gasteiger partial charge in [-0.1, -0.05) is 0 Å². The minimum atomic E-state index is -0.527. The lowest BCUT2D eigenvalue weighted by atomic mass is 10.1. The van der Waals surface area contributed by atoms with E-state index in [0.717, 1.165) is 6.20 Å². The normalized spacial score (nSPS) is 11.3. The Labute approximate surface area is 104 Å². The number of hydrogen-bond donors (Lipinski definition) is 2. The van der Waals surface area contributed by atoms with Gasteiger partial charge in [0.2, 0.25) is 5.91 Å². The molecule has 0 aliphatic heterocycles. The molecular weight excluding hydrogens is 238 g/mol. The second kappa shape index (κ2) is 5.58. The molecular formula is C10H17N5O3. The molecule has 0 aliphatic carbocycles. The van der Waals surface area contributed by atoms with E-state index < -0.39 is 10.5 Å². The minimum Gasteiger partial charge on any atom is -0.350 e. The van der Waals surface area contributed by atoms with Crippen LogP contribution in [0.1, 0.15) is 20.3 Å². The number of amides is 1. The zero-order valence-electron chi connectivity index (χ0n) is 10.4. The first-order chi connectivity index (χ1) is 8.34. The third kappa shape index (κ3) is 4.13. The number of aryl methyl sites for hydroxylation is 1. The van der Waals surface area contributed by atoms with Crippen LogP contribution in [0.2, 0.25) is 0 Å². The summed E-state index contributed by atoms with van der Waals surface area (Å²) in [7, 11) is 0. The van der Waals surface area contributed by atoms with Crippen molar-refractivity contribution >= 4 is 11.6 Å². The van der Waals surface area contributed by atoms with E-state index in [1.54, 1.807) is 0 Å². The molecule has 18 heavy (non-hydrogen) atoms. The molecule has 0 saturated carbocycles. The summed E-state index contributed by atoms with van der Waals surface area (Å²) in [4.78, 5) is 21.5. The van der Waals surface area contributed by atoms with Crippen molar-refractivity contribution in [2.75, 3.05) is 6.54 Å². The third-order valence-corrected chi connectivity index (χ3v) is 2.39. The molecule has 0 bridgehead atoms. The van der Waals surface area contributed by atoms with Gasteiger partial charge in [0.1, 0.15) is 12.4 Å². The predicted molar refractivity (Wildman–Crippen MR) is 64.8 cm³/mol. The Balaban J connectivity index is 2.45. The summed E-state index contributed by atoms with van der Waals surface area (Å²) in [5, 5.41) is 17.0. The summed E-state index contributed by atoms with van der Waals surface area (Å²) in [5.41, 5.74) is 4.95. The zero-order valence-corrected chi connectivity index (χ0v) is 10.4. The number of carbonyl (C=O) groups excluding carboxylic acids is 1. The van der Waals surface area contributed by atoms with Crippen molar-refractivity contribution in [1.82, 2.24) is 15.1 Å². The number of aromatic nitrogens is 2. The number of nitrogens with zero attached hydrogens (tertiary/aromatic N) is 3. The van der Waals surface area contributed by atoms with Gasteiger partial charge in [0.15, 0.2) is 0 Å². The molecule has 1 heterocycles. The molecule has 8 nitrogen and oxygen atoms in total. The first kappa shape index (κ1) is 14.1. The Hall–Kier alpha value is -1.96. The van der Waals surface area contributed by atoms with Gasteiger partial charge in [-0.15, -0.1) is 0 Å². The van der Waals surface area contributed by atoms with Crippen LogP contribution in [0.25, 0.3) is 0 Å². The first-order valence-corrected chi connectivity index (χ1v) is 5.52. The number of nitrogens with one attached hydrogen (secondary N) is 1. The Bertz CT molecular complexity index is 440. The molecule has 100 valence electrons. The quantitative estimate of drug-likeness (QED) is 0.549. The van der Waals surface area contributed by atoms with Crippen molar-refractivity contribution in [3.05, 3.63) is 22.5 Å². The van der Waals surface area contributed by atoms with Crippen molar-refractivity contribution in [2.24, 2.45) is 5.73 Å². The maximum atomic E-state index is 11.6. The maximum absolute atomic E-state index is 11.6. The first-order valence-electron chi connectivity index (χ1n) is 5.52. The predicted octanol–water partition coefficient (Wildman–Crippen LogP) is 0.0349. The summed E-state index contributed by atoms with van der Waals surface area (Å²) in [6.45, 7) is 4.28. The largest absolute Gasteiger partial charge is 0.350 e. The van der Waals surface area contributed by atoms with E-state index in [1.165, 1.54) is 10.9 Å². The van der Waals surface area contributed by atoms with Gasteiger partial charge < -0.3 is 11.1 Å². The Morgan fingerprint density at radius 2 is 2.33 bits per heavy atom. The number of rotatable bonds is 6. The fourth-order valence-corrected chi connectivity index (χ4v) is 1.28. The highest BCUT2D eigenvalue weighted by Crippen LogP contribution is 2.08. The van der Waals surface area contributed by atoms with Crippen LogP contribution < -0.4 is 11.1 Å². The van der Waals surface area contributed by atoms with E-state index in [9.17, 15) is 14.9 Å². The van der Waals surface area contributed by atoms with Gasteiger partial charge in [0.05, 0.1) is 4.92 Å². The lowest BCUT2D eigenvalue weighted by Gasteiger charge is -2.24. The molecule has 3 N–H and O–H groups in total. The molecule has 1 aromatic rings. The van der Waals surface area contributed by atoms with E-state index >= 15 is 0 Å². The van der Waals surface area contributed by atoms with Gasteiger partial charge in [-0.3, -0.25) is 19.6 Å². The number of hydrogen-bond acceptors (Lipinski definition) is 5. The monoisotopic (exact) mass is 255 g/mol. The Morgan fingerprint density at radius 1 is 1.67 bits per heavy atom. The van der Waals surface area contributed by atoms with Gasteiger partial charge in [-0.2, -0.15) is 5.10 Å². The molecule has 0 aromatic carbocycles. The Kier molecular flexibility index (Phi) is 4.38. The van der Waals surface area contributed by atoms with Crippen LogP contribution in [-0.2, 0) is 11.3 Å². The molecule has 1 amide bonds. The van der Waals surface area contributed by atoms with E-state index in [2.05, 4.69) is 10.4 Å². The average Bonchev–Trinajstić information content (AvgIpc) is 2.74. The van der Waals surface area contributed by atoms with E-state index in [4.69, 9.17) is 5.73 Å². The molecule has 0 unspecified atom stereocenters. The van der Waals surface area contributed by atoms with Crippen molar-refractivity contribution in [1.29, 1.82) is 0 Å². The zero-order chi connectivity index (χ0) is 13.8. The van der Waals surface area contributed by atoms with E-state index in [0.29, 0.717) is 13.1 Å². The topological polar surface area (TPSA) is 116 Å². The van der Waals surface area contributed by atoms with Crippen molar-refractivity contribution in [3.8, 4) is 0 Å². The number of nitro groups is 1. The lowest BCUT2D eigenvalue weighted by Crippen LogP contribution is -2.49. The second-order valence-electron chi connectivity index (χ2n) is 4.60. The molecule has 1 rings (SSSR count). The van der Waals surface area contributed by atoms with Crippen LogP contribution in [-0.4, -0.2) is 32.7 Å². The summed E-state index contributed by atoms with van der Waals surface area (Å²) in [6.07, 6.45) is 2.64. The maximum Gasteiger partial charge on any atom is 0.306 e. The SMILES string of the molecule is CC(C)(CN)NC(=O)CCn1cc([N+](=O)[O-])cn1. The highest BCUT2D eigenvalue weighted by Gasteiger charge is 2.18. The molecule has 0 fully saturated rings. The Morgan fingerprint density at radius 3 is 2.83 bits per heavy atom. The van der Waals surface area contributed by atoms with E-state index in [-0.39, 0.29) is 18.0 Å². The minimum absolute atomic E-state index is 0.0855. The average molecular weight is 255 g/mol. The van der Waals surface area contributed by atoms with Crippen molar-refractivity contribution in [2.45, 2.75) is 32.4 Å². The third-order valence-electron chi connectivity index (χ3n) is 2.39. The van der Waals surface area contributed by atoms with Crippen LogP contribution in [0.4, 0.5) is 5.69 Å². The van der Waals surface area contributed by atoms with Gasteiger partial charge in [-0.25, -0.2) is 0 Å². The highest BCUT2D eigenvalue weighted by molar-refractivity contribution is 5.76. The summed E-state index contributed by atoms with van der Waals surface area (Å²) >= 11 is 0. The number of nitrogens with two attached hydrogens (primary N) is 1. The van der Waals surface area contributed by atoms with Crippen LogP contribution in [0.5, 0.6) is 0 Å². The van der Waals surface area contributed by atoms with Gasteiger partial charge in [0, 0.05) is 25.0 Å². The molecule has 0 saturated heterocycles. The van der Waals surface area contributed by atoms with Gasteiger partial charge in [0.25, 0.3) is 0 Å². The molecule has 0 atom stereocenters. The highest BCUT2D eigenvalue weighted by atomic mass is 16.6. The van der Waals surface area contributed by atoms with Crippen LogP contribution >= 0.6 is 0 Å². The molecule has 8 heteroatoms. The molecule has 1 aromatic heterocycles. The standard InChI is InChI=1S/C10H17N5O3/c1-10(2,7-11)13-9(16)3-4-14-6-8(5-12-14)15(17)18/h5-6H,3-4,7,11H2,1-2H3,(H,13,16). The molecule has 0 aliphatic rings. The van der Waals surface area contributed by atoms with Crippen LogP contribution in [0, 0.1) is 10.1 Å². The molecule has 0 radical (unpaired) electrons.